The van der Waals surface area contributed by atoms with Crippen LogP contribution in [0, 0.1) is 11.7 Å². The van der Waals surface area contributed by atoms with Crippen LogP contribution in [0.1, 0.15) is 24.8 Å². The number of carbonyl (C=O) groups is 2. The van der Waals surface area contributed by atoms with E-state index in [1.54, 1.807) is 17.0 Å². The van der Waals surface area contributed by atoms with Gasteiger partial charge in [-0.05, 0) is 37.0 Å². The van der Waals surface area contributed by atoms with Crippen LogP contribution in [0.25, 0.3) is 0 Å². The normalized spacial score (nSPS) is 18.4. The maximum absolute atomic E-state index is 12.8. The molecule has 0 aromatic heterocycles. The van der Waals surface area contributed by atoms with Gasteiger partial charge in [0, 0.05) is 19.5 Å². The maximum atomic E-state index is 12.8. The first-order valence-electron chi connectivity index (χ1n) is 7.20. The third kappa shape index (κ3) is 4.28. The number of hydrogen-bond donors (Lipinski definition) is 0. The van der Waals surface area contributed by atoms with E-state index < -0.39 is 0 Å². The van der Waals surface area contributed by atoms with E-state index in [9.17, 15) is 14.0 Å². The lowest BCUT2D eigenvalue weighted by Gasteiger charge is -2.31. The topological polar surface area (TPSA) is 46.6 Å². The summed E-state index contributed by atoms with van der Waals surface area (Å²) in [6.07, 6.45) is 2.55. The summed E-state index contributed by atoms with van der Waals surface area (Å²) in [5.41, 5.74) is 0.936. The predicted molar refractivity (Wildman–Crippen MR) is 76.0 cm³/mol. The average molecular weight is 293 g/mol. The van der Waals surface area contributed by atoms with E-state index >= 15 is 0 Å². The fourth-order valence-corrected chi connectivity index (χ4v) is 2.62. The Labute approximate surface area is 123 Å². The Morgan fingerprint density at radius 3 is 2.71 bits per heavy atom. The second-order valence-electron chi connectivity index (χ2n) is 5.33. The quantitative estimate of drug-likeness (QED) is 0.799. The van der Waals surface area contributed by atoms with E-state index in [1.165, 1.54) is 19.2 Å². The second-order valence-corrected chi connectivity index (χ2v) is 5.33. The molecule has 114 valence electrons. The Morgan fingerprint density at radius 1 is 1.33 bits per heavy atom. The van der Waals surface area contributed by atoms with Gasteiger partial charge in [0.25, 0.3) is 0 Å². The third-order valence-electron chi connectivity index (χ3n) is 3.85. The van der Waals surface area contributed by atoms with Crippen molar-refractivity contribution in [2.45, 2.75) is 25.7 Å². The zero-order valence-electron chi connectivity index (χ0n) is 12.2. The van der Waals surface area contributed by atoms with Crippen LogP contribution in [0.15, 0.2) is 24.3 Å². The number of hydrogen-bond acceptors (Lipinski definition) is 3. The maximum Gasteiger partial charge on any atom is 0.310 e. The number of amides is 1. The number of nitrogens with zero attached hydrogens (tertiary/aromatic N) is 1. The molecule has 0 spiro atoms. The highest BCUT2D eigenvalue weighted by Gasteiger charge is 2.28. The van der Waals surface area contributed by atoms with Gasteiger partial charge in [-0.15, -0.1) is 0 Å². The summed E-state index contributed by atoms with van der Waals surface area (Å²) in [5, 5.41) is 0. The number of piperidine rings is 1. The first-order valence-corrected chi connectivity index (χ1v) is 7.20. The molecule has 1 aliphatic heterocycles. The number of likely N-dealkylation sites (tertiary alicyclic amines) is 1. The molecule has 1 aromatic carbocycles. The highest BCUT2D eigenvalue weighted by Crippen LogP contribution is 2.19. The lowest BCUT2D eigenvalue weighted by Crippen LogP contribution is -2.42. The number of ether oxygens (including phenoxy) is 1. The highest BCUT2D eigenvalue weighted by molar-refractivity contribution is 5.78. The van der Waals surface area contributed by atoms with Gasteiger partial charge in [-0.25, -0.2) is 4.39 Å². The number of benzene rings is 1. The lowest BCUT2D eigenvalue weighted by molar-refractivity contribution is -0.149. The standard InChI is InChI=1S/C16H20FNO3/c1-21-16(20)13-3-2-10-18(11-13)15(19)9-6-12-4-7-14(17)8-5-12/h4-5,7-8,13H,2-3,6,9-11H2,1H3. The van der Waals surface area contributed by atoms with E-state index in [0.29, 0.717) is 25.9 Å². The molecule has 1 atom stereocenters. The Bertz CT molecular complexity index is 501. The molecule has 21 heavy (non-hydrogen) atoms. The summed E-state index contributed by atoms with van der Waals surface area (Å²) in [6, 6.07) is 6.17. The van der Waals surface area contributed by atoms with Gasteiger partial charge in [0.1, 0.15) is 5.82 Å². The number of rotatable bonds is 4. The van der Waals surface area contributed by atoms with E-state index in [4.69, 9.17) is 4.74 Å². The van der Waals surface area contributed by atoms with Crippen molar-refractivity contribution >= 4 is 11.9 Å². The number of carbonyl (C=O) groups excluding carboxylic acids is 2. The molecule has 1 aromatic rings. The summed E-state index contributed by atoms with van der Waals surface area (Å²) < 4.78 is 17.6. The third-order valence-corrected chi connectivity index (χ3v) is 3.85. The van der Waals surface area contributed by atoms with Crippen molar-refractivity contribution in [3.05, 3.63) is 35.6 Å². The van der Waals surface area contributed by atoms with Crippen LogP contribution in [0.3, 0.4) is 0 Å². The molecule has 0 aliphatic carbocycles. The van der Waals surface area contributed by atoms with Crippen molar-refractivity contribution in [3.63, 3.8) is 0 Å². The van der Waals surface area contributed by atoms with Gasteiger partial charge >= 0.3 is 5.97 Å². The van der Waals surface area contributed by atoms with E-state index in [1.807, 2.05) is 0 Å². The molecule has 0 N–H and O–H groups in total. The first-order chi connectivity index (χ1) is 10.1. The van der Waals surface area contributed by atoms with Crippen LogP contribution >= 0.6 is 0 Å². The molecule has 1 aliphatic rings. The van der Waals surface area contributed by atoms with Crippen LogP contribution in [0.4, 0.5) is 4.39 Å². The minimum Gasteiger partial charge on any atom is -0.469 e. The fourth-order valence-electron chi connectivity index (χ4n) is 2.62. The van der Waals surface area contributed by atoms with E-state index in [0.717, 1.165) is 18.4 Å². The molecule has 5 heteroatoms. The molecular formula is C16H20FNO3. The van der Waals surface area contributed by atoms with Crippen LogP contribution < -0.4 is 0 Å². The molecule has 1 heterocycles. The first kappa shape index (κ1) is 15.5. The summed E-state index contributed by atoms with van der Waals surface area (Å²) in [4.78, 5) is 25.5. The van der Waals surface area contributed by atoms with Gasteiger partial charge in [0.15, 0.2) is 0 Å². The fraction of sp³-hybridized carbons (Fsp3) is 0.500. The van der Waals surface area contributed by atoms with Crippen LogP contribution in [-0.2, 0) is 20.7 Å². The van der Waals surface area contributed by atoms with Crippen LogP contribution in [-0.4, -0.2) is 37.0 Å². The van der Waals surface area contributed by atoms with Crippen molar-refractivity contribution < 1.29 is 18.7 Å². The van der Waals surface area contributed by atoms with Gasteiger partial charge in [-0.1, -0.05) is 12.1 Å². The van der Waals surface area contributed by atoms with Crippen molar-refractivity contribution in [1.29, 1.82) is 0 Å². The lowest BCUT2D eigenvalue weighted by atomic mass is 9.97. The summed E-state index contributed by atoms with van der Waals surface area (Å²) >= 11 is 0. The molecule has 0 bridgehead atoms. The second kappa shape index (κ2) is 7.20. The zero-order valence-corrected chi connectivity index (χ0v) is 12.2. The predicted octanol–water partition coefficient (Wildman–Crippen LogP) is 2.17. The Balaban J connectivity index is 1.85. The molecule has 0 saturated carbocycles. The van der Waals surface area contributed by atoms with Crippen molar-refractivity contribution in [2.24, 2.45) is 5.92 Å². The molecular weight excluding hydrogens is 273 g/mol. The number of esters is 1. The van der Waals surface area contributed by atoms with Gasteiger partial charge in [-0.3, -0.25) is 9.59 Å². The van der Waals surface area contributed by atoms with Crippen LogP contribution in [0.2, 0.25) is 0 Å². The molecule has 1 unspecified atom stereocenters. The smallest absolute Gasteiger partial charge is 0.310 e. The number of halogens is 1. The van der Waals surface area contributed by atoms with Gasteiger partial charge in [0.2, 0.25) is 5.91 Å². The Morgan fingerprint density at radius 2 is 2.05 bits per heavy atom. The molecule has 2 rings (SSSR count). The van der Waals surface area contributed by atoms with Crippen molar-refractivity contribution in [1.82, 2.24) is 4.90 Å². The summed E-state index contributed by atoms with van der Waals surface area (Å²) in [7, 11) is 1.37. The molecule has 1 saturated heterocycles. The number of methoxy groups -OCH3 is 1. The minimum absolute atomic E-state index is 0.0351. The largest absolute Gasteiger partial charge is 0.469 e. The van der Waals surface area contributed by atoms with Crippen LogP contribution in [0.5, 0.6) is 0 Å². The highest BCUT2D eigenvalue weighted by atomic mass is 19.1. The van der Waals surface area contributed by atoms with Gasteiger partial charge in [-0.2, -0.15) is 0 Å². The summed E-state index contributed by atoms with van der Waals surface area (Å²) in [6.45, 7) is 1.13. The monoisotopic (exact) mass is 293 g/mol. The summed E-state index contributed by atoms with van der Waals surface area (Å²) in [5.74, 6) is -0.695. The van der Waals surface area contributed by atoms with E-state index in [-0.39, 0.29) is 23.6 Å². The van der Waals surface area contributed by atoms with Gasteiger partial charge in [0.05, 0.1) is 13.0 Å². The molecule has 0 radical (unpaired) electrons. The Hall–Kier alpha value is -1.91. The molecule has 1 fully saturated rings. The average Bonchev–Trinajstić information content (AvgIpc) is 2.53. The molecule has 1 amide bonds. The van der Waals surface area contributed by atoms with Gasteiger partial charge < -0.3 is 9.64 Å². The Kier molecular flexibility index (Phi) is 5.31. The van der Waals surface area contributed by atoms with Crippen molar-refractivity contribution in [2.75, 3.05) is 20.2 Å². The van der Waals surface area contributed by atoms with Crippen molar-refractivity contribution in [3.8, 4) is 0 Å². The zero-order chi connectivity index (χ0) is 15.2. The SMILES string of the molecule is COC(=O)C1CCCN(C(=O)CCc2ccc(F)cc2)C1. The van der Waals surface area contributed by atoms with E-state index in [2.05, 4.69) is 0 Å². The number of aryl methyl sites for hydroxylation is 1. The molecule has 4 nitrogen and oxygen atoms in total. The minimum atomic E-state index is -0.276.